The number of amides is 1. The lowest BCUT2D eigenvalue weighted by atomic mass is 9.98. The molecule has 1 aliphatic heterocycles. The predicted octanol–water partition coefficient (Wildman–Crippen LogP) is 3.41. The van der Waals surface area contributed by atoms with Crippen LogP contribution in [-0.2, 0) is 4.79 Å². The second kappa shape index (κ2) is 7.47. The van der Waals surface area contributed by atoms with Crippen molar-refractivity contribution in [1.29, 1.82) is 0 Å². The third-order valence-electron chi connectivity index (χ3n) is 4.43. The SMILES string of the molecule is COc1cccc([C@H]2CC(c3ccc(OC)c(OC)c3)=NN2C(C)=O)c1. The summed E-state index contributed by atoms with van der Waals surface area (Å²) in [4.78, 5) is 12.1. The maximum absolute atomic E-state index is 12.1. The lowest BCUT2D eigenvalue weighted by Gasteiger charge is -2.20. The topological polar surface area (TPSA) is 60.4 Å². The van der Waals surface area contributed by atoms with E-state index in [0.717, 1.165) is 22.6 Å². The van der Waals surface area contributed by atoms with Crippen LogP contribution in [0.3, 0.4) is 0 Å². The van der Waals surface area contributed by atoms with Gasteiger partial charge in [0.15, 0.2) is 11.5 Å². The Morgan fingerprint density at radius 2 is 1.81 bits per heavy atom. The Labute approximate surface area is 153 Å². The van der Waals surface area contributed by atoms with Crippen LogP contribution < -0.4 is 14.2 Å². The molecule has 6 nitrogen and oxygen atoms in total. The molecule has 0 saturated heterocycles. The molecular weight excluding hydrogens is 332 g/mol. The zero-order chi connectivity index (χ0) is 18.7. The Morgan fingerprint density at radius 3 is 2.46 bits per heavy atom. The fourth-order valence-corrected chi connectivity index (χ4v) is 3.10. The fourth-order valence-electron chi connectivity index (χ4n) is 3.10. The second-order valence-corrected chi connectivity index (χ2v) is 5.98. The maximum Gasteiger partial charge on any atom is 0.240 e. The molecular formula is C20H22N2O4. The summed E-state index contributed by atoms with van der Waals surface area (Å²) in [6.07, 6.45) is 0.613. The van der Waals surface area contributed by atoms with E-state index in [-0.39, 0.29) is 11.9 Å². The van der Waals surface area contributed by atoms with Gasteiger partial charge in [-0.25, -0.2) is 5.01 Å². The van der Waals surface area contributed by atoms with Crippen molar-refractivity contribution in [1.82, 2.24) is 5.01 Å². The van der Waals surface area contributed by atoms with Crippen molar-refractivity contribution in [3.05, 3.63) is 53.6 Å². The molecule has 26 heavy (non-hydrogen) atoms. The second-order valence-electron chi connectivity index (χ2n) is 5.98. The number of carbonyl (C=O) groups is 1. The maximum atomic E-state index is 12.1. The highest BCUT2D eigenvalue weighted by Crippen LogP contribution is 2.36. The van der Waals surface area contributed by atoms with Crippen LogP contribution in [0.15, 0.2) is 47.6 Å². The van der Waals surface area contributed by atoms with E-state index in [2.05, 4.69) is 5.10 Å². The largest absolute Gasteiger partial charge is 0.497 e. The van der Waals surface area contributed by atoms with Gasteiger partial charge in [-0.05, 0) is 35.9 Å². The highest BCUT2D eigenvalue weighted by Gasteiger charge is 2.31. The van der Waals surface area contributed by atoms with Crippen LogP contribution >= 0.6 is 0 Å². The van der Waals surface area contributed by atoms with E-state index in [1.165, 1.54) is 11.9 Å². The molecule has 3 rings (SSSR count). The third kappa shape index (κ3) is 3.35. The number of ether oxygens (including phenoxy) is 3. The van der Waals surface area contributed by atoms with Gasteiger partial charge in [-0.2, -0.15) is 5.10 Å². The summed E-state index contributed by atoms with van der Waals surface area (Å²) in [5, 5.41) is 6.09. The summed E-state index contributed by atoms with van der Waals surface area (Å²) < 4.78 is 16.0. The van der Waals surface area contributed by atoms with Gasteiger partial charge in [0.05, 0.1) is 33.1 Å². The van der Waals surface area contributed by atoms with Gasteiger partial charge in [0.25, 0.3) is 0 Å². The summed E-state index contributed by atoms with van der Waals surface area (Å²) in [5.74, 6) is 1.94. The monoisotopic (exact) mass is 354 g/mol. The minimum atomic E-state index is -0.161. The van der Waals surface area contributed by atoms with Gasteiger partial charge in [0.1, 0.15) is 5.75 Å². The number of carbonyl (C=O) groups excluding carboxylic acids is 1. The number of rotatable bonds is 5. The first kappa shape index (κ1) is 17.8. The molecule has 2 aromatic carbocycles. The minimum Gasteiger partial charge on any atom is -0.497 e. The molecule has 0 N–H and O–H groups in total. The summed E-state index contributed by atoms with van der Waals surface area (Å²) >= 11 is 0. The van der Waals surface area contributed by atoms with Gasteiger partial charge < -0.3 is 14.2 Å². The third-order valence-corrected chi connectivity index (χ3v) is 4.43. The molecule has 2 aromatic rings. The standard InChI is InChI=1S/C20H22N2O4/c1-13(23)22-18(15-6-5-7-16(10-15)24-2)12-17(21-22)14-8-9-19(25-3)20(11-14)26-4/h5-11,18H,12H2,1-4H3/t18-/m1/s1. The zero-order valence-electron chi connectivity index (χ0n) is 15.4. The number of hydrogen-bond donors (Lipinski definition) is 0. The first-order chi connectivity index (χ1) is 12.6. The van der Waals surface area contributed by atoms with E-state index in [9.17, 15) is 4.79 Å². The summed E-state index contributed by atoms with van der Waals surface area (Å²) in [7, 11) is 4.82. The first-order valence-corrected chi connectivity index (χ1v) is 8.31. The average Bonchev–Trinajstić information content (AvgIpc) is 3.13. The lowest BCUT2D eigenvalue weighted by Crippen LogP contribution is -2.24. The molecule has 1 heterocycles. The van der Waals surface area contributed by atoms with Crippen molar-refractivity contribution in [2.75, 3.05) is 21.3 Å². The lowest BCUT2D eigenvalue weighted by molar-refractivity contribution is -0.130. The Balaban J connectivity index is 1.95. The van der Waals surface area contributed by atoms with Crippen molar-refractivity contribution in [3.8, 4) is 17.2 Å². The molecule has 0 fully saturated rings. The molecule has 0 aliphatic carbocycles. The molecule has 136 valence electrons. The Kier molecular flexibility index (Phi) is 5.11. The van der Waals surface area contributed by atoms with Crippen LogP contribution in [0, 0.1) is 0 Å². The van der Waals surface area contributed by atoms with Crippen LogP contribution in [0.4, 0.5) is 0 Å². The summed E-state index contributed by atoms with van der Waals surface area (Å²) in [6.45, 7) is 1.52. The number of nitrogens with zero attached hydrogens (tertiary/aromatic N) is 2. The Bertz CT molecular complexity index is 847. The van der Waals surface area contributed by atoms with Gasteiger partial charge in [0, 0.05) is 18.9 Å². The molecule has 0 aromatic heterocycles. The van der Waals surface area contributed by atoms with Crippen molar-refractivity contribution in [3.63, 3.8) is 0 Å². The minimum absolute atomic E-state index is 0.103. The highest BCUT2D eigenvalue weighted by atomic mass is 16.5. The Hall–Kier alpha value is -3.02. The van der Waals surface area contributed by atoms with Crippen molar-refractivity contribution >= 4 is 11.6 Å². The number of hydrogen-bond acceptors (Lipinski definition) is 5. The van der Waals surface area contributed by atoms with E-state index in [4.69, 9.17) is 14.2 Å². The van der Waals surface area contributed by atoms with Crippen molar-refractivity contribution < 1.29 is 19.0 Å². The molecule has 1 aliphatic rings. The van der Waals surface area contributed by atoms with Gasteiger partial charge in [0.2, 0.25) is 5.91 Å². The average molecular weight is 354 g/mol. The van der Waals surface area contributed by atoms with E-state index in [1.54, 1.807) is 21.3 Å². The van der Waals surface area contributed by atoms with E-state index in [0.29, 0.717) is 17.9 Å². The molecule has 0 bridgehead atoms. The van der Waals surface area contributed by atoms with Crippen LogP contribution in [0.1, 0.15) is 30.5 Å². The molecule has 0 spiro atoms. The molecule has 1 atom stereocenters. The zero-order valence-corrected chi connectivity index (χ0v) is 15.4. The van der Waals surface area contributed by atoms with Crippen LogP contribution in [-0.4, -0.2) is 38.0 Å². The molecule has 0 radical (unpaired) electrons. The van der Waals surface area contributed by atoms with Crippen molar-refractivity contribution in [2.24, 2.45) is 5.10 Å². The molecule has 6 heteroatoms. The fraction of sp³-hybridized carbons (Fsp3) is 0.300. The van der Waals surface area contributed by atoms with E-state index in [1.807, 2.05) is 42.5 Å². The summed E-state index contributed by atoms with van der Waals surface area (Å²) in [5.41, 5.74) is 2.71. The molecule has 0 saturated carbocycles. The molecule has 0 unspecified atom stereocenters. The van der Waals surface area contributed by atoms with Gasteiger partial charge >= 0.3 is 0 Å². The van der Waals surface area contributed by atoms with Gasteiger partial charge in [-0.15, -0.1) is 0 Å². The van der Waals surface area contributed by atoms with E-state index < -0.39 is 0 Å². The van der Waals surface area contributed by atoms with Crippen molar-refractivity contribution in [2.45, 2.75) is 19.4 Å². The number of benzene rings is 2. The van der Waals surface area contributed by atoms with Gasteiger partial charge in [-0.3, -0.25) is 4.79 Å². The number of hydrazone groups is 1. The Morgan fingerprint density at radius 1 is 1.04 bits per heavy atom. The summed E-state index contributed by atoms with van der Waals surface area (Å²) in [6, 6.07) is 13.2. The quantitative estimate of drug-likeness (QED) is 0.826. The first-order valence-electron chi connectivity index (χ1n) is 8.31. The van der Waals surface area contributed by atoms with E-state index >= 15 is 0 Å². The predicted molar refractivity (Wildman–Crippen MR) is 99.0 cm³/mol. The van der Waals surface area contributed by atoms with Crippen LogP contribution in [0.2, 0.25) is 0 Å². The molecule has 1 amide bonds. The van der Waals surface area contributed by atoms with Crippen LogP contribution in [0.5, 0.6) is 17.2 Å². The normalized spacial score (nSPS) is 16.2. The number of methoxy groups -OCH3 is 3. The smallest absolute Gasteiger partial charge is 0.240 e. The van der Waals surface area contributed by atoms with Gasteiger partial charge in [-0.1, -0.05) is 12.1 Å². The highest BCUT2D eigenvalue weighted by molar-refractivity contribution is 6.03. The van der Waals surface area contributed by atoms with Crippen LogP contribution in [0.25, 0.3) is 0 Å².